The molecule has 0 saturated carbocycles. The van der Waals surface area contributed by atoms with Crippen molar-refractivity contribution in [3.8, 4) is 0 Å². The summed E-state index contributed by atoms with van der Waals surface area (Å²) >= 11 is 0. The van der Waals surface area contributed by atoms with Crippen molar-refractivity contribution in [3.63, 3.8) is 0 Å². The molecule has 4 nitrogen and oxygen atoms in total. The number of nitrogens with zero attached hydrogens (tertiary/aromatic N) is 2. The summed E-state index contributed by atoms with van der Waals surface area (Å²) in [5.74, 6) is 0.971. The van der Waals surface area contributed by atoms with E-state index < -0.39 is 0 Å². The topological polar surface area (TPSA) is 49.8 Å². The van der Waals surface area contributed by atoms with E-state index in [0.717, 1.165) is 0 Å². The van der Waals surface area contributed by atoms with Gasteiger partial charge >= 0.3 is 0 Å². The molecule has 0 unspecified atom stereocenters. The van der Waals surface area contributed by atoms with Crippen LogP contribution in [0.3, 0.4) is 0 Å². The third-order valence-corrected chi connectivity index (χ3v) is 2.30. The summed E-state index contributed by atoms with van der Waals surface area (Å²) in [5.41, 5.74) is 0.608. The Morgan fingerprint density at radius 3 is 2.82 bits per heavy atom. The molecule has 0 saturated heterocycles. The standard InChI is InChI=1S/C12H13FN4/c1-14-12-15-7-6-11(17-12)16-8-9-4-2-3-5-10(9)13/h2-7H,8H2,1H3,(H2,14,15,16,17). The summed E-state index contributed by atoms with van der Waals surface area (Å²) in [7, 11) is 1.75. The molecular weight excluding hydrogens is 219 g/mol. The summed E-state index contributed by atoms with van der Waals surface area (Å²) < 4.78 is 13.4. The molecular formula is C12H13FN4. The first-order valence-corrected chi connectivity index (χ1v) is 5.27. The van der Waals surface area contributed by atoms with Crippen LogP contribution in [-0.2, 0) is 6.54 Å². The third kappa shape index (κ3) is 2.90. The number of benzene rings is 1. The molecule has 0 aliphatic rings. The van der Waals surface area contributed by atoms with Crippen LogP contribution < -0.4 is 10.6 Å². The number of aromatic nitrogens is 2. The molecule has 0 atom stereocenters. The number of rotatable bonds is 4. The molecule has 0 fully saturated rings. The smallest absolute Gasteiger partial charge is 0.224 e. The van der Waals surface area contributed by atoms with Crippen LogP contribution in [-0.4, -0.2) is 17.0 Å². The summed E-state index contributed by atoms with van der Waals surface area (Å²) in [4.78, 5) is 8.17. The van der Waals surface area contributed by atoms with Crippen molar-refractivity contribution in [1.82, 2.24) is 9.97 Å². The van der Waals surface area contributed by atoms with Crippen LogP contribution in [0.1, 0.15) is 5.56 Å². The highest BCUT2D eigenvalue weighted by molar-refractivity contribution is 5.40. The SMILES string of the molecule is CNc1nccc(NCc2ccccc2F)n1. The number of anilines is 2. The first kappa shape index (κ1) is 11.3. The Bertz CT molecular complexity index is 501. The largest absolute Gasteiger partial charge is 0.366 e. The maximum absolute atomic E-state index is 13.4. The van der Waals surface area contributed by atoms with E-state index >= 15 is 0 Å². The van der Waals surface area contributed by atoms with Gasteiger partial charge in [-0.05, 0) is 12.1 Å². The minimum absolute atomic E-state index is 0.220. The van der Waals surface area contributed by atoms with Crippen LogP contribution in [0, 0.1) is 5.82 Å². The number of nitrogens with one attached hydrogen (secondary N) is 2. The van der Waals surface area contributed by atoms with E-state index in [-0.39, 0.29) is 5.82 Å². The Hall–Kier alpha value is -2.17. The van der Waals surface area contributed by atoms with E-state index in [2.05, 4.69) is 20.6 Å². The number of hydrogen-bond acceptors (Lipinski definition) is 4. The van der Waals surface area contributed by atoms with Gasteiger partial charge in [0.25, 0.3) is 0 Å². The quantitative estimate of drug-likeness (QED) is 0.849. The van der Waals surface area contributed by atoms with Gasteiger partial charge in [-0.15, -0.1) is 0 Å². The molecule has 0 aliphatic carbocycles. The molecule has 5 heteroatoms. The van der Waals surface area contributed by atoms with Crippen molar-refractivity contribution in [2.45, 2.75) is 6.54 Å². The van der Waals surface area contributed by atoms with E-state index in [9.17, 15) is 4.39 Å². The normalized spacial score (nSPS) is 10.0. The van der Waals surface area contributed by atoms with Crippen molar-refractivity contribution in [2.24, 2.45) is 0 Å². The van der Waals surface area contributed by atoms with Gasteiger partial charge in [0, 0.05) is 25.4 Å². The second-order valence-corrected chi connectivity index (χ2v) is 3.46. The molecule has 0 aliphatic heterocycles. The fourth-order valence-corrected chi connectivity index (χ4v) is 1.41. The Labute approximate surface area is 98.9 Å². The first-order valence-electron chi connectivity index (χ1n) is 5.27. The van der Waals surface area contributed by atoms with Gasteiger partial charge < -0.3 is 10.6 Å². The van der Waals surface area contributed by atoms with Crippen LogP contribution in [0.15, 0.2) is 36.5 Å². The first-order chi connectivity index (χ1) is 8.29. The van der Waals surface area contributed by atoms with Crippen LogP contribution in [0.4, 0.5) is 16.2 Å². The van der Waals surface area contributed by atoms with Gasteiger partial charge in [-0.25, -0.2) is 9.37 Å². The number of hydrogen-bond donors (Lipinski definition) is 2. The molecule has 2 N–H and O–H groups in total. The highest BCUT2D eigenvalue weighted by Gasteiger charge is 2.01. The van der Waals surface area contributed by atoms with Gasteiger partial charge in [-0.3, -0.25) is 0 Å². The predicted octanol–water partition coefficient (Wildman–Crippen LogP) is 2.27. The fourth-order valence-electron chi connectivity index (χ4n) is 1.41. The molecule has 0 radical (unpaired) electrons. The minimum Gasteiger partial charge on any atom is -0.366 e. The van der Waals surface area contributed by atoms with Crippen LogP contribution in [0.2, 0.25) is 0 Å². The summed E-state index contributed by atoms with van der Waals surface area (Å²) in [6, 6.07) is 8.39. The van der Waals surface area contributed by atoms with Gasteiger partial charge in [-0.1, -0.05) is 18.2 Å². The van der Waals surface area contributed by atoms with E-state index in [4.69, 9.17) is 0 Å². The average Bonchev–Trinajstić information content (AvgIpc) is 2.38. The molecule has 88 valence electrons. The summed E-state index contributed by atoms with van der Waals surface area (Å²) in [6.45, 7) is 0.396. The highest BCUT2D eigenvalue weighted by Crippen LogP contribution is 2.10. The highest BCUT2D eigenvalue weighted by atomic mass is 19.1. The van der Waals surface area contributed by atoms with Crippen LogP contribution in [0.5, 0.6) is 0 Å². The zero-order valence-electron chi connectivity index (χ0n) is 9.44. The molecule has 2 aromatic rings. The van der Waals surface area contributed by atoms with E-state index in [1.807, 2.05) is 0 Å². The Morgan fingerprint density at radius 1 is 1.24 bits per heavy atom. The Balaban J connectivity index is 2.05. The van der Waals surface area contributed by atoms with Crippen molar-refractivity contribution in [1.29, 1.82) is 0 Å². The van der Waals surface area contributed by atoms with Crippen molar-refractivity contribution >= 4 is 11.8 Å². The van der Waals surface area contributed by atoms with Crippen molar-refractivity contribution in [2.75, 3.05) is 17.7 Å². The van der Waals surface area contributed by atoms with Crippen LogP contribution in [0.25, 0.3) is 0 Å². The second kappa shape index (κ2) is 5.25. The maximum atomic E-state index is 13.4. The third-order valence-electron chi connectivity index (χ3n) is 2.30. The molecule has 1 aromatic heterocycles. The van der Waals surface area contributed by atoms with Gasteiger partial charge in [0.1, 0.15) is 11.6 Å². The second-order valence-electron chi connectivity index (χ2n) is 3.46. The molecule has 0 bridgehead atoms. The lowest BCUT2D eigenvalue weighted by atomic mass is 10.2. The number of halogens is 1. The molecule has 17 heavy (non-hydrogen) atoms. The average molecular weight is 232 g/mol. The van der Waals surface area contributed by atoms with E-state index in [0.29, 0.717) is 23.9 Å². The van der Waals surface area contributed by atoms with E-state index in [1.165, 1.54) is 6.07 Å². The van der Waals surface area contributed by atoms with Crippen molar-refractivity contribution in [3.05, 3.63) is 47.9 Å². The Morgan fingerprint density at radius 2 is 2.06 bits per heavy atom. The lowest BCUT2D eigenvalue weighted by Crippen LogP contribution is -2.05. The van der Waals surface area contributed by atoms with Gasteiger partial charge in [0.15, 0.2) is 0 Å². The molecule has 1 aromatic carbocycles. The monoisotopic (exact) mass is 232 g/mol. The van der Waals surface area contributed by atoms with Gasteiger partial charge in [-0.2, -0.15) is 4.98 Å². The van der Waals surface area contributed by atoms with Crippen LogP contribution >= 0.6 is 0 Å². The van der Waals surface area contributed by atoms with E-state index in [1.54, 1.807) is 37.5 Å². The lowest BCUT2D eigenvalue weighted by molar-refractivity contribution is 0.613. The van der Waals surface area contributed by atoms with Gasteiger partial charge in [0.05, 0.1) is 0 Å². The molecule has 2 rings (SSSR count). The zero-order chi connectivity index (χ0) is 12.1. The minimum atomic E-state index is -0.220. The molecule has 1 heterocycles. The van der Waals surface area contributed by atoms with Crippen molar-refractivity contribution < 1.29 is 4.39 Å². The predicted molar refractivity (Wildman–Crippen MR) is 65.3 cm³/mol. The van der Waals surface area contributed by atoms with Gasteiger partial charge in [0.2, 0.25) is 5.95 Å². The summed E-state index contributed by atoms with van der Waals surface area (Å²) in [5, 5.41) is 5.89. The fraction of sp³-hybridized carbons (Fsp3) is 0.167. The lowest BCUT2D eigenvalue weighted by Gasteiger charge is -2.07. The molecule has 0 amide bonds. The molecule has 0 spiro atoms. The Kier molecular flexibility index (Phi) is 3.49. The summed E-state index contributed by atoms with van der Waals surface area (Å²) in [6.07, 6.45) is 1.64. The zero-order valence-corrected chi connectivity index (χ0v) is 9.44. The maximum Gasteiger partial charge on any atom is 0.224 e.